The smallest absolute Gasteiger partial charge is 0.289 e. The number of hydrogen-bond acceptors (Lipinski definition) is 4. The number of nitrogens with zero attached hydrogens (tertiary/aromatic N) is 2. The van der Waals surface area contributed by atoms with Gasteiger partial charge in [-0.05, 0) is 49.7 Å². The molecule has 5 rings (SSSR count). The molecule has 2 aromatic carbocycles. The van der Waals surface area contributed by atoms with E-state index in [1.165, 1.54) is 0 Å². The molecule has 2 aliphatic rings. The second kappa shape index (κ2) is 10.5. The minimum Gasteiger partial charge on any atom is -0.455 e. The van der Waals surface area contributed by atoms with Gasteiger partial charge in [-0.2, -0.15) is 5.10 Å². The zero-order chi connectivity index (χ0) is 25.1. The van der Waals surface area contributed by atoms with Gasteiger partial charge in [0, 0.05) is 30.6 Å². The molecule has 1 aromatic heterocycles. The van der Waals surface area contributed by atoms with Gasteiger partial charge in [-0.1, -0.05) is 67.6 Å². The highest BCUT2D eigenvalue weighted by molar-refractivity contribution is 6.07. The summed E-state index contributed by atoms with van der Waals surface area (Å²) < 4.78 is 6.12. The summed E-state index contributed by atoms with van der Waals surface area (Å²) in [7, 11) is 0. The van der Waals surface area contributed by atoms with Crippen LogP contribution in [0.2, 0.25) is 0 Å². The SMILES string of the molecule is Cc1c(C(=O)N2CCC(C)CC2)oc2c1/C(=N/NC(=O)C(c1ccccc1)c1ccccc1)CCC2. The maximum Gasteiger partial charge on any atom is 0.289 e. The second-order valence-corrected chi connectivity index (χ2v) is 9.97. The van der Waals surface area contributed by atoms with Crippen LogP contribution in [0.3, 0.4) is 0 Å². The highest BCUT2D eigenvalue weighted by Gasteiger charge is 2.31. The Hall–Kier alpha value is -3.67. The first-order valence-electron chi connectivity index (χ1n) is 12.9. The van der Waals surface area contributed by atoms with Crippen molar-refractivity contribution in [3.8, 4) is 0 Å². The van der Waals surface area contributed by atoms with Crippen LogP contribution in [0.25, 0.3) is 0 Å². The lowest BCUT2D eigenvalue weighted by atomic mass is 9.90. The van der Waals surface area contributed by atoms with E-state index in [4.69, 9.17) is 4.42 Å². The maximum absolute atomic E-state index is 13.4. The van der Waals surface area contributed by atoms with E-state index in [9.17, 15) is 9.59 Å². The first-order valence-corrected chi connectivity index (χ1v) is 12.9. The van der Waals surface area contributed by atoms with Crippen molar-refractivity contribution in [2.24, 2.45) is 11.0 Å². The molecule has 0 saturated carbocycles. The van der Waals surface area contributed by atoms with Gasteiger partial charge in [0.05, 0.1) is 11.6 Å². The predicted octanol–water partition coefficient (Wildman–Crippen LogP) is 5.45. The number of benzene rings is 2. The molecular formula is C30H33N3O3. The Bertz CT molecular complexity index is 1220. The Morgan fingerprint density at radius 2 is 1.58 bits per heavy atom. The molecule has 3 aromatic rings. The molecule has 0 bridgehead atoms. The number of carbonyl (C=O) groups excluding carboxylic acids is 2. The van der Waals surface area contributed by atoms with Gasteiger partial charge < -0.3 is 9.32 Å². The van der Waals surface area contributed by atoms with Crippen LogP contribution < -0.4 is 5.43 Å². The number of amides is 2. The molecule has 6 nitrogen and oxygen atoms in total. The number of rotatable bonds is 5. The number of piperidine rings is 1. The van der Waals surface area contributed by atoms with Crippen molar-refractivity contribution >= 4 is 17.5 Å². The Kier molecular flexibility index (Phi) is 7.03. The van der Waals surface area contributed by atoms with Crippen LogP contribution >= 0.6 is 0 Å². The van der Waals surface area contributed by atoms with Crippen molar-refractivity contribution in [2.45, 2.75) is 51.9 Å². The van der Waals surface area contributed by atoms with Crippen LogP contribution in [0.1, 0.15) is 77.1 Å². The van der Waals surface area contributed by atoms with Gasteiger partial charge in [0.1, 0.15) is 5.76 Å². The van der Waals surface area contributed by atoms with Gasteiger partial charge in [0.25, 0.3) is 11.8 Å². The third-order valence-corrected chi connectivity index (χ3v) is 7.42. The monoisotopic (exact) mass is 483 g/mol. The highest BCUT2D eigenvalue weighted by Crippen LogP contribution is 2.32. The van der Waals surface area contributed by atoms with Gasteiger partial charge in [-0.25, -0.2) is 5.43 Å². The molecule has 186 valence electrons. The molecule has 1 saturated heterocycles. The lowest BCUT2D eigenvalue weighted by Crippen LogP contribution is -2.38. The molecule has 0 unspecified atom stereocenters. The van der Waals surface area contributed by atoms with Gasteiger partial charge in [-0.3, -0.25) is 9.59 Å². The van der Waals surface area contributed by atoms with Crippen LogP contribution in [0.15, 0.2) is 70.2 Å². The number of carbonyl (C=O) groups is 2. The van der Waals surface area contributed by atoms with Crippen LogP contribution in [0, 0.1) is 12.8 Å². The minimum atomic E-state index is -0.469. The molecule has 36 heavy (non-hydrogen) atoms. The predicted molar refractivity (Wildman–Crippen MR) is 140 cm³/mol. The van der Waals surface area contributed by atoms with E-state index in [2.05, 4.69) is 17.5 Å². The first kappa shape index (κ1) is 24.0. The molecule has 0 radical (unpaired) electrons. The van der Waals surface area contributed by atoms with E-state index < -0.39 is 5.92 Å². The van der Waals surface area contributed by atoms with Crippen molar-refractivity contribution in [1.82, 2.24) is 10.3 Å². The van der Waals surface area contributed by atoms with Crippen molar-refractivity contribution < 1.29 is 14.0 Å². The zero-order valence-corrected chi connectivity index (χ0v) is 21.0. The summed E-state index contributed by atoms with van der Waals surface area (Å²) in [5.41, 5.74) is 7.14. The summed E-state index contributed by atoms with van der Waals surface area (Å²) in [4.78, 5) is 28.6. The highest BCUT2D eigenvalue weighted by atomic mass is 16.4. The molecule has 1 fully saturated rings. The Labute approximate surface area is 212 Å². The van der Waals surface area contributed by atoms with Crippen molar-refractivity contribution in [3.63, 3.8) is 0 Å². The summed E-state index contributed by atoms with van der Waals surface area (Å²) in [6.45, 7) is 5.70. The summed E-state index contributed by atoms with van der Waals surface area (Å²) in [5.74, 6) is 1.17. The fraction of sp³-hybridized carbons (Fsp3) is 0.367. The normalized spacial score (nSPS) is 17.3. The summed E-state index contributed by atoms with van der Waals surface area (Å²) in [6, 6.07) is 19.5. The number of hydrogen-bond donors (Lipinski definition) is 1. The third kappa shape index (κ3) is 4.85. The molecular weight excluding hydrogens is 450 g/mol. The third-order valence-electron chi connectivity index (χ3n) is 7.42. The number of furan rings is 1. The molecule has 1 N–H and O–H groups in total. The van der Waals surface area contributed by atoms with Crippen molar-refractivity contribution in [1.29, 1.82) is 0 Å². The average Bonchev–Trinajstić information content (AvgIpc) is 3.26. The fourth-order valence-electron chi connectivity index (χ4n) is 5.31. The number of fused-ring (bicyclic) bond motifs is 1. The minimum absolute atomic E-state index is 0.0367. The summed E-state index contributed by atoms with van der Waals surface area (Å²) in [5, 5.41) is 4.58. The first-order chi connectivity index (χ1) is 17.5. The fourth-order valence-corrected chi connectivity index (χ4v) is 5.31. The molecule has 0 spiro atoms. The Morgan fingerprint density at radius 1 is 0.972 bits per heavy atom. The van der Waals surface area contributed by atoms with E-state index in [0.717, 1.165) is 78.9 Å². The molecule has 2 heterocycles. The van der Waals surface area contributed by atoms with E-state index in [1.807, 2.05) is 72.5 Å². The lowest BCUT2D eigenvalue weighted by molar-refractivity contribution is -0.121. The number of aryl methyl sites for hydroxylation is 1. The van der Waals surface area contributed by atoms with Gasteiger partial charge in [0.2, 0.25) is 0 Å². The summed E-state index contributed by atoms with van der Waals surface area (Å²) >= 11 is 0. The van der Waals surface area contributed by atoms with Crippen molar-refractivity contribution in [3.05, 3.63) is 94.4 Å². The van der Waals surface area contributed by atoms with Crippen LogP contribution in [-0.2, 0) is 11.2 Å². The van der Waals surface area contributed by atoms with E-state index in [1.54, 1.807) is 0 Å². The number of likely N-dealkylation sites (tertiary alicyclic amines) is 1. The van der Waals surface area contributed by atoms with Crippen molar-refractivity contribution in [2.75, 3.05) is 13.1 Å². The number of nitrogens with one attached hydrogen (secondary N) is 1. The Morgan fingerprint density at radius 3 is 2.19 bits per heavy atom. The number of hydrazone groups is 1. The maximum atomic E-state index is 13.4. The van der Waals surface area contributed by atoms with Crippen LogP contribution in [0.5, 0.6) is 0 Å². The summed E-state index contributed by atoms with van der Waals surface area (Å²) in [6.07, 6.45) is 4.40. The molecule has 1 aliphatic carbocycles. The average molecular weight is 484 g/mol. The van der Waals surface area contributed by atoms with Crippen LogP contribution in [0.4, 0.5) is 0 Å². The molecule has 6 heteroatoms. The van der Waals surface area contributed by atoms with Crippen LogP contribution in [-0.4, -0.2) is 35.5 Å². The second-order valence-electron chi connectivity index (χ2n) is 9.97. The van der Waals surface area contributed by atoms with Gasteiger partial charge >= 0.3 is 0 Å². The van der Waals surface area contributed by atoms with E-state index in [0.29, 0.717) is 11.7 Å². The molecule has 2 amide bonds. The topological polar surface area (TPSA) is 74.9 Å². The molecule has 0 atom stereocenters. The molecule has 1 aliphatic heterocycles. The van der Waals surface area contributed by atoms with E-state index >= 15 is 0 Å². The quantitative estimate of drug-likeness (QED) is 0.491. The van der Waals surface area contributed by atoms with Gasteiger partial charge in [0.15, 0.2) is 5.76 Å². The lowest BCUT2D eigenvalue weighted by Gasteiger charge is -2.29. The van der Waals surface area contributed by atoms with Gasteiger partial charge in [-0.15, -0.1) is 0 Å². The Balaban J connectivity index is 1.40. The largest absolute Gasteiger partial charge is 0.455 e. The zero-order valence-electron chi connectivity index (χ0n) is 21.0. The van der Waals surface area contributed by atoms with E-state index in [-0.39, 0.29) is 11.8 Å². The standard InChI is InChI=1S/C30H33N3O3/c1-20-16-18-33(19-17-20)30(35)28-21(2)26-24(14-9-15-25(26)36-28)31-32-29(34)27(22-10-5-3-6-11-22)23-12-7-4-8-13-23/h3-8,10-13,20,27H,9,14-19H2,1-2H3,(H,32,34)/b31-24+.